The van der Waals surface area contributed by atoms with E-state index in [2.05, 4.69) is 24.1 Å². The van der Waals surface area contributed by atoms with Gasteiger partial charge in [-0.05, 0) is 32.6 Å². The van der Waals surface area contributed by atoms with Crippen LogP contribution in [-0.4, -0.2) is 68.7 Å². The molecule has 2 aliphatic rings. The van der Waals surface area contributed by atoms with Crippen molar-refractivity contribution in [1.82, 2.24) is 14.5 Å². The van der Waals surface area contributed by atoms with E-state index in [1.165, 1.54) is 6.26 Å². The first-order chi connectivity index (χ1) is 8.76. The monoisotopic (exact) mass is 289 g/mol. The minimum Gasteiger partial charge on any atom is -0.309 e. The highest BCUT2D eigenvalue weighted by molar-refractivity contribution is 7.88. The van der Waals surface area contributed by atoms with Crippen LogP contribution in [0.5, 0.6) is 0 Å². The molecule has 2 heterocycles. The van der Waals surface area contributed by atoms with Gasteiger partial charge in [-0.1, -0.05) is 0 Å². The lowest BCUT2D eigenvalue weighted by Gasteiger charge is -2.42. The fourth-order valence-corrected chi connectivity index (χ4v) is 4.19. The number of hydrogen-bond acceptors (Lipinski definition) is 4. The van der Waals surface area contributed by atoms with Crippen LogP contribution >= 0.6 is 0 Å². The second-order valence-electron chi connectivity index (χ2n) is 6.68. The second-order valence-corrected chi connectivity index (χ2v) is 8.66. The van der Waals surface area contributed by atoms with Gasteiger partial charge in [-0.2, -0.15) is 0 Å². The van der Waals surface area contributed by atoms with Gasteiger partial charge in [0.15, 0.2) is 0 Å². The molecule has 2 aliphatic heterocycles. The normalized spacial score (nSPS) is 30.4. The van der Waals surface area contributed by atoms with Crippen LogP contribution in [0.25, 0.3) is 0 Å². The molecule has 0 aromatic heterocycles. The average molecular weight is 289 g/mol. The summed E-state index contributed by atoms with van der Waals surface area (Å²) in [6.45, 7) is 10.0. The van der Waals surface area contributed by atoms with Crippen LogP contribution in [0.1, 0.15) is 26.7 Å². The number of nitrogens with one attached hydrogen (secondary N) is 1. The van der Waals surface area contributed by atoms with Crippen molar-refractivity contribution < 1.29 is 8.42 Å². The summed E-state index contributed by atoms with van der Waals surface area (Å²) in [5.74, 6) is 0.484. The molecule has 19 heavy (non-hydrogen) atoms. The fourth-order valence-electron chi connectivity index (χ4n) is 3.24. The second kappa shape index (κ2) is 5.68. The maximum Gasteiger partial charge on any atom is 0.211 e. The Kier molecular flexibility index (Phi) is 4.55. The lowest BCUT2D eigenvalue weighted by Crippen LogP contribution is -2.58. The van der Waals surface area contributed by atoms with Gasteiger partial charge in [-0.3, -0.25) is 4.90 Å². The molecule has 6 heteroatoms. The van der Waals surface area contributed by atoms with Crippen molar-refractivity contribution in [3.8, 4) is 0 Å². The van der Waals surface area contributed by atoms with E-state index in [0.717, 1.165) is 39.0 Å². The number of nitrogens with zero attached hydrogens (tertiary/aromatic N) is 2. The molecular weight excluding hydrogens is 262 g/mol. The van der Waals surface area contributed by atoms with E-state index in [1.54, 1.807) is 4.31 Å². The molecule has 0 aromatic carbocycles. The third kappa shape index (κ3) is 4.41. The lowest BCUT2D eigenvalue weighted by atomic mass is 9.96. The molecule has 0 bridgehead atoms. The van der Waals surface area contributed by atoms with Crippen LogP contribution in [0.2, 0.25) is 0 Å². The highest BCUT2D eigenvalue weighted by atomic mass is 32.2. The number of hydrogen-bond donors (Lipinski definition) is 1. The van der Waals surface area contributed by atoms with Gasteiger partial charge in [0.2, 0.25) is 10.0 Å². The first-order valence-electron chi connectivity index (χ1n) is 7.19. The van der Waals surface area contributed by atoms with Crippen LogP contribution in [0, 0.1) is 5.92 Å². The average Bonchev–Trinajstić information content (AvgIpc) is 2.26. The standard InChI is InChI=1S/C13H27N3O2S/c1-13(2)11-15(8-6-14-13)9-12-5-4-7-16(10-12)19(3,17)18/h12,14H,4-11H2,1-3H3. The van der Waals surface area contributed by atoms with E-state index in [9.17, 15) is 8.42 Å². The Labute approximate surface area is 117 Å². The van der Waals surface area contributed by atoms with Gasteiger partial charge in [0.25, 0.3) is 0 Å². The van der Waals surface area contributed by atoms with Crippen LogP contribution in [0.4, 0.5) is 0 Å². The first kappa shape index (κ1) is 15.2. The Bertz CT molecular complexity index is 408. The van der Waals surface area contributed by atoms with E-state index in [4.69, 9.17) is 0 Å². The molecule has 1 N–H and O–H groups in total. The summed E-state index contributed by atoms with van der Waals surface area (Å²) in [6.07, 6.45) is 3.47. The van der Waals surface area contributed by atoms with E-state index in [1.807, 2.05) is 0 Å². The van der Waals surface area contributed by atoms with Gasteiger partial charge >= 0.3 is 0 Å². The third-order valence-electron chi connectivity index (χ3n) is 4.12. The third-order valence-corrected chi connectivity index (χ3v) is 5.39. The maximum atomic E-state index is 11.6. The zero-order valence-corrected chi connectivity index (χ0v) is 13.2. The van der Waals surface area contributed by atoms with Crippen molar-refractivity contribution in [2.75, 3.05) is 45.5 Å². The summed E-state index contributed by atoms with van der Waals surface area (Å²) >= 11 is 0. The fraction of sp³-hybridized carbons (Fsp3) is 1.00. The number of piperidine rings is 1. The van der Waals surface area contributed by atoms with Gasteiger partial charge < -0.3 is 5.32 Å². The Morgan fingerprint density at radius 1 is 1.32 bits per heavy atom. The highest BCUT2D eigenvalue weighted by Gasteiger charge is 2.30. The molecule has 5 nitrogen and oxygen atoms in total. The zero-order valence-electron chi connectivity index (χ0n) is 12.4. The van der Waals surface area contributed by atoms with Gasteiger partial charge in [0.1, 0.15) is 0 Å². The largest absolute Gasteiger partial charge is 0.309 e. The van der Waals surface area contributed by atoms with Crippen molar-refractivity contribution in [3.63, 3.8) is 0 Å². The maximum absolute atomic E-state index is 11.6. The van der Waals surface area contributed by atoms with Crippen molar-refractivity contribution in [2.45, 2.75) is 32.2 Å². The SMILES string of the molecule is CC1(C)CN(CC2CCCN(S(C)(=O)=O)C2)CCN1. The van der Waals surface area contributed by atoms with E-state index < -0.39 is 10.0 Å². The van der Waals surface area contributed by atoms with Crippen LogP contribution in [0.15, 0.2) is 0 Å². The van der Waals surface area contributed by atoms with E-state index in [-0.39, 0.29) is 5.54 Å². The summed E-state index contributed by atoms with van der Waals surface area (Å²) in [7, 11) is -3.02. The molecule has 0 aliphatic carbocycles. The van der Waals surface area contributed by atoms with Crippen LogP contribution < -0.4 is 5.32 Å². The van der Waals surface area contributed by atoms with Crippen molar-refractivity contribution >= 4 is 10.0 Å². The number of piperazine rings is 1. The topological polar surface area (TPSA) is 52.7 Å². The molecule has 0 aromatic rings. The highest BCUT2D eigenvalue weighted by Crippen LogP contribution is 2.21. The van der Waals surface area contributed by atoms with Crippen molar-refractivity contribution in [2.24, 2.45) is 5.92 Å². The summed E-state index contributed by atoms with van der Waals surface area (Å²) in [6, 6.07) is 0. The Morgan fingerprint density at radius 2 is 2.05 bits per heavy atom. The lowest BCUT2D eigenvalue weighted by molar-refractivity contribution is 0.117. The molecule has 2 rings (SSSR count). The molecule has 2 fully saturated rings. The minimum atomic E-state index is -3.02. The van der Waals surface area contributed by atoms with Crippen molar-refractivity contribution in [1.29, 1.82) is 0 Å². The summed E-state index contributed by atoms with van der Waals surface area (Å²) < 4.78 is 24.9. The van der Waals surface area contributed by atoms with E-state index >= 15 is 0 Å². The predicted molar refractivity (Wildman–Crippen MR) is 77.7 cm³/mol. The van der Waals surface area contributed by atoms with Crippen molar-refractivity contribution in [3.05, 3.63) is 0 Å². The molecule has 1 unspecified atom stereocenters. The van der Waals surface area contributed by atoms with Gasteiger partial charge in [-0.25, -0.2) is 12.7 Å². The smallest absolute Gasteiger partial charge is 0.211 e. The molecule has 1 atom stereocenters. The summed E-state index contributed by atoms with van der Waals surface area (Å²) in [5.41, 5.74) is 0.170. The minimum absolute atomic E-state index is 0.170. The number of rotatable bonds is 3. The van der Waals surface area contributed by atoms with Crippen LogP contribution in [-0.2, 0) is 10.0 Å². The molecular formula is C13H27N3O2S. The molecule has 0 amide bonds. The molecule has 2 saturated heterocycles. The van der Waals surface area contributed by atoms with E-state index in [0.29, 0.717) is 19.0 Å². The Hall–Kier alpha value is -0.170. The van der Waals surface area contributed by atoms with Crippen LogP contribution in [0.3, 0.4) is 0 Å². The first-order valence-corrected chi connectivity index (χ1v) is 9.04. The Balaban J connectivity index is 1.89. The van der Waals surface area contributed by atoms with Gasteiger partial charge in [0.05, 0.1) is 6.26 Å². The zero-order chi connectivity index (χ0) is 14.1. The molecule has 112 valence electrons. The quantitative estimate of drug-likeness (QED) is 0.814. The van der Waals surface area contributed by atoms with Gasteiger partial charge in [0, 0.05) is 44.8 Å². The molecule has 0 saturated carbocycles. The summed E-state index contributed by atoms with van der Waals surface area (Å²) in [5, 5.41) is 3.51. The van der Waals surface area contributed by atoms with Gasteiger partial charge in [-0.15, -0.1) is 0 Å². The number of sulfonamides is 1. The Morgan fingerprint density at radius 3 is 2.68 bits per heavy atom. The predicted octanol–water partition coefficient (Wildman–Crippen LogP) is 0.342. The molecule has 0 spiro atoms. The summed E-state index contributed by atoms with van der Waals surface area (Å²) in [4.78, 5) is 2.48. The molecule has 0 radical (unpaired) electrons.